The Hall–Kier alpha value is -2.75. The SMILES string of the molecule is CC(=O)c1cnn(-c2ccc(F)cc2)c1-c1ccccc1. The molecule has 3 aromatic rings. The summed E-state index contributed by atoms with van der Waals surface area (Å²) in [5.74, 6) is -0.360. The third-order valence-electron chi connectivity index (χ3n) is 3.27. The van der Waals surface area contributed by atoms with Gasteiger partial charge in [-0.25, -0.2) is 9.07 Å². The lowest BCUT2D eigenvalue weighted by atomic mass is 10.1. The van der Waals surface area contributed by atoms with Crippen LogP contribution in [0.5, 0.6) is 0 Å². The maximum Gasteiger partial charge on any atom is 0.163 e. The van der Waals surface area contributed by atoms with E-state index in [0.717, 1.165) is 11.3 Å². The maximum absolute atomic E-state index is 13.1. The Morgan fingerprint density at radius 3 is 2.33 bits per heavy atom. The lowest BCUT2D eigenvalue weighted by Crippen LogP contribution is -2.01. The van der Waals surface area contributed by atoms with Crippen LogP contribution in [0.4, 0.5) is 4.39 Å². The van der Waals surface area contributed by atoms with Crippen molar-refractivity contribution in [3.63, 3.8) is 0 Å². The van der Waals surface area contributed by atoms with Crippen LogP contribution in [0.15, 0.2) is 60.8 Å². The van der Waals surface area contributed by atoms with Gasteiger partial charge in [0.25, 0.3) is 0 Å². The molecule has 0 unspecified atom stereocenters. The fourth-order valence-corrected chi connectivity index (χ4v) is 2.26. The van der Waals surface area contributed by atoms with Crippen molar-refractivity contribution in [3.8, 4) is 16.9 Å². The van der Waals surface area contributed by atoms with Crippen molar-refractivity contribution in [3.05, 3.63) is 72.2 Å². The maximum atomic E-state index is 13.1. The molecule has 0 N–H and O–H groups in total. The number of Topliss-reactive ketones (excluding diaryl/α,β-unsaturated/α-hetero) is 1. The Balaban J connectivity index is 2.22. The molecule has 4 heteroatoms. The first-order valence-corrected chi connectivity index (χ1v) is 6.57. The first-order chi connectivity index (χ1) is 10.2. The van der Waals surface area contributed by atoms with Crippen molar-refractivity contribution < 1.29 is 9.18 Å². The number of halogens is 1. The molecule has 1 heterocycles. The molecule has 3 nitrogen and oxygen atoms in total. The van der Waals surface area contributed by atoms with Gasteiger partial charge in [0, 0.05) is 5.56 Å². The summed E-state index contributed by atoms with van der Waals surface area (Å²) in [5, 5.41) is 4.29. The third kappa shape index (κ3) is 2.48. The number of rotatable bonds is 3. The first-order valence-electron chi connectivity index (χ1n) is 6.57. The number of carbonyl (C=O) groups is 1. The van der Waals surface area contributed by atoms with Gasteiger partial charge in [-0.15, -0.1) is 0 Å². The first kappa shape index (κ1) is 13.2. The molecule has 0 atom stereocenters. The van der Waals surface area contributed by atoms with E-state index in [-0.39, 0.29) is 11.6 Å². The second kappa shape index (κ2) is 5.32. The Bertz CT molecular complexity index is 776. The zero-order chi connectivity index (χ0) is 14.8. The van der Waals surface area contributed by atoms with E-state index in [1.54, 1.807) is 23.0 Å². The number of hydrogen-bond acceptors (Lipinski definition) is 2. The summed E-state index contributed by atoms with van der Waals surface area (Å²) in [6.45, 7) is 1.51. The minimum absolute atomic E-state index is 0.0535. The number of ketones is 1. The van der Waals surface area contributed by atoms with Crippen LogP contribution in [0.1, 0.15) is 17.3 Å². The van der Waals surface area contributed by atoms with E-state index in [1.807, 2.05) is 30.3 Å². The number of aromatic nitrogens is 2. The van der Waals surface area contributed by atoms with E-state index < -0.39 is 0 Å². The molecular weight excluding hydrogens is 267 g/mol. The van der Waals surface area contributed by atoms with Crippen molar-refractivity contribution in [1.29, 1.82) is 0 Å². The van der Waals surface area contributed by atoms with Crippen molar-refractivity contribution in [2.75, 3.05) is 0 Å². The van der Waals surface area contributed by atoms with Gasteiger partial charge in [0.1, 0.15) is 5.82 Å². The molecule has 0 fully saturated rings. The Morgan fingerprint density at radius 1 is 1.05 bits per heavy atom. The highest BCUT2D eigenvalue weighted by Gasteiger charge is 2.17. The summed E-state index contributed by atoms with van der Waals surface area (Å²) in [6, 6.07) is 15.6. The van der Waals surface area contributed by atoms with Gasteiger partial charge in [-0.05, 0) is 31.2 Å². The highest BCUT2D eigenvalue weighted by atomic mass is 19.1. The molecule has 0 radical (unpaired) electrons. The summed E-state index contributed by atoms with van der Waals surface area (Å²) in [4.78, 5) is 11.8. The minimum atomic E-state index is -0.307. The van der Waals surface area contributed by atoms with E-state index >= 15 is 0 Å². The molecule has 2 aromatic carbocycles. The number of carbonyl (C=O) groups excluding carboxylic acids is 1. The zero-order valence-corrected chi connectivity index (χ0v) is 11.5. The average molecular weight is 280 g/mol. The molecule has 0 aliphatic rings. The van der Waals surface area contributed by atoms with Gasteiger partial charge >= 0.3 is 0 Å². The second-order valence-corrected chi connectivity index (χ2v) is 4.72. The summed E-state index contributed by atoms with van der Waals surface area (Å²) >= 11 is 0. The summed E-state index contributed by atoms with van der Waals surface area (Å²) in [7, 11) is 0. The number of nitrogens with zero attached hydrogens (tertiary/aromatic N) is 2. The van der Waals surface area contributed by atoms with Gasteiger partial charge in [-0.3, -0.25) is 4.79 Å². The molecule has 0 aliphatic heterocycles. The lowest BCUT2D eigenvalue weighted by Gasteiger charge is -2.09. The third-order valence-corrected chi connectivity index (χ3v) is 3.27. The van der Waals surface area contributed by atoms with Gasteiger partial charge in [-0.2, -0.15) is 5.10 Å². The number of benzene rings is 2. The topological polar surface area (TPSA) is 34.9 Å². The largest absolute Gasteiger partial charge is 0.294 e. The summed E-state index contributed by atoms with van der Waals surface area (Å²) in [6.07, 6.45) is 1.55. The normalized spacial score (nSPS) is 10.6. The molecule has 0 amide bonds. The molecule has 1 aromatic heterocycles. The molecule has 0 aliphatic carbocycles. The quantitative estimate of drug-likeness (QED) is 0.682. The van der Waals surface area contributed by atoms with Crippen LogP contribution in [0, 0.1) is 5.82 Å². The smallest absolute Gasteiger partial charge is 0.163 e. The van der Waals surface area contributed by atoms with E-state index in [2.05, 4.69) is 5.10 Å². The molecular formula is C17H13FN2O. The highest BCUT2D eigenvalue weighted by Crippen LogP contribution is 2.26. The van der Waals surface area contributed by atoms with Gasteiger partial charge in [0.15, 0.2) is 5.78 Å². The van der Waals surface area contributed by atoms with E-state index in [4.69, 9.17) is 0 Å². The monoisotopic (exact) mass is 280 g/mol. The van der Waals surface area contributed by atoms with E-state index in [1.165, 1.54) is 19.1 Å². The molecule has 104 valence electrons. The van der Waals surface area contributed by atoms with Crippen LogP contribution in [-0.2, 0) is 0 Å². The molecule has 0 saturated carbocycles. The van der Waals surface area contributed by atoms with Crippen LogP contribution in [0.25, 0.3) is 16.9 Å². The van der Waals surface area contributed by atoms with Gasteiger partial charge in [-0.1, -0.05) is 30.3 Å². The van der Waals surface area contributed by atoms with Gasteiger partial charge in [0.05, 0.1) is 23.1 Å². The fraction of sp³-hybridized carbons (Fsp3) is 0.0588. The lowest BCUT2D eigenvalue weighted by molar-refractivity contribution is 0.101. The summed E-state index contributed by atoms with van der Waals surface area (Å²) < 4.78 is 14.7. The predicted octanol–water partition coefficient (Wildman–Crippen LogP) is 3.88. The Labute approximate surface area is 121 Å². The zero-order valence-electron chi connectivity index (χ0n) is 11.5. The van der Waals surface area contributed by atoms with Crippen LogP contribution < -0.4 is 0 Å². The molecule has 3 rings (SSSR count). The average Bonchev–Trinajstić information content (AvgIpc) is 2.94. The van der Waals surface area contributed by atoms with Gasteiger partial charge in [0.2, 0.25) is 0 Å². The molecule has 0 bridgehead atoms. The predicted molar refractivity (Wildman–Crippen MR) is 79.0 cm³/mol. The molecule has 21 heavy (non-hydrogen) atoms. The van der Waals surface area contributed by atoms with Crippen molar-refractivity contribution >= 4 is 5.78 Å². The highest BCUT2D eigenvalue weighted by molar-refractivity contribution is 6.00. The van der Waals surface area contributed by atoms with Crippen LogP contribution in [-0.4, -0.2) is 15.6 Å². The minimum Gasteiger partial charge on any atom is -0.294 e. The van der Waals surface area contributed by atoms with Crippen molar-refractivity contribution in [1.82, 2.24) is 9.78 Å². The standard InChI is InChI=1S/C17H13FN2O/c1-12(21)16-11-19-20(15-9-7-14(18)8-10-15)17(16)13-5-3-2-4-6-13/h2-11H,1H3. The van der Waals surface area contributed by atoms with Crippen molar-refractivity contribution in [2.45, 2.75) is 6.92 Å². The van der Waals surface area contributed by atoms with Crippen LogP contribution >= 0.6 is 0 Å². The Morgan fingerprint density at radius 2 is 1.71 bits per heavy atom. The fourth-order valence-electron chi connectivity index (χ4n) is 2.26. The van der Waals surface area contributed by atoms with Crippen molar-refractivity contribution in [2.24, 2.45) is 0 Å². The van der Waals surface area contributed by atoms with E-state index in [9.17, 15) is 9.18 Å². The molecule has 0 saturated heterocycles. The van der Waals surface area contributed by atoms with Crippen LogP contribution in [0.3, 0.4) is 0 Å². The summed E-state index contributed by atoms with van der Waals surface area (Å²) in [5.41, 5.74) is 2.87. The van der Waals surface area contributed by atoms with E-state index in [0.29, 0.717) is 11.3 Å². The van der Waals surface area contributed by atoms with Gasteiger partial charge < -0.3 is 0 Å². The number of hydrogen-bond donors (Lipinski definition) is 0. The van der Waals surface area contributed by atoms with Crippen LogP contribution in [0.2, 0.25) is 0 Å². The Kier molecular flexibility index (Phi) is 3.36. The molecule has 0 spiro atoms. The second-order valence-electron chi connectivity index (χ2n) is 4.72.